The van der Waals surface area contributed by atoms with Crippen LogP contribution in [0.5, 0.6) is 0 Å². The van der Waals surface area contributed by atoms with E-state index in [1.54, 1.807) is 11.8 Å². The van der Waals surface area contributed by atoms with Crippen LogP contribution in [0.1, 0.15) is 32.6 Å². The highest BCUT2D eigenvalue weighted by atomic mass is 35.5. The summed E-state index contributed by atoms with van der Waals surface area (Å²) in [5, 5.41) is 0.666. The maximum Gasteiger partial charge on any atom is 0.235 e. The second kappa shape index (κ2) is 5.61. The average Bonchev–Trinajstić information content (AvgIpc) is 2.86. The van der Waals surface area contributed by atoms with Crippen LogP contribution >= 0.6 is 23.4 Å². The van der Waals surface area contributed by atoms with E-state index in [2.05, 4.69) is 4.90 Å². The van der Waals surface area contributed by atoms with Crippen LogP contribution in [-0.2, 0) is 4.79 Å². The zero-order valence-corrected chi connectivity index (χ0v) is 13.3. The number of benzene rings is 1. The van der Waals surface area contributed by atoms with Crippen molar-refractivity contribution in [2.24, 2.45) is 5.41 Å². The molecule has 0 N–H and O–H groups in total. The molecule has 1 heterocycles. The van der Waals surface area contributed by atoms with Crippen LogP contribution in [0.2, 0.25) is 5.02 Å². The molecule has 1 aliphatic carbocycles. The second-order valence-corrected chi connectivity index (χ2v) is 7.84. The number of hydrogen-bond acceptors (Lipinski definition) is 2. The monoisotopic (exact) mass is 309 g/mol. The molecule has 0 aromatic heterocycles. The molecule has 1 amide bonds. The first-order valence-corrected chi connectivity index (χ1v) is 8.55. The van der Waals surface area contributed by atoms with E-state index < -0.39 is 0 Å². The van der Waals surface area contributed by atoms with E-state index in [4.69, 9.17) is 11.6 Å². The summed E-state index contributed by atoms with van der Waals surface area (Å²) in [7, 11) is 0. The minimum Gasteiger partial charge on any atom is -0.341 e. The van der Waals surface area contributed by atoms with Gasteiger partial charge in [-0.05, 0) is 43.7 Å². The zero-order chi connectivity index (χ0) is 14.2. The highest BCUT2D eigenvalue weighted by molar-refractivity contribution is 8.00. The minimum absolute atomic E-state index is 0.0647. The predicted molar refractivity (Wildman–Crippen MR) is 84.3 cm³/mol. The van der Waals surface area contributed by atoms with Crippen molar-refractivity contribution in [3.05, 3.63) is 29.3 Å². The molecular formula is C16H20ClNOS. The van der Waals surface area contributed by atoms with E-state index in [-0.39, 0.29) is 11.2 Å². The van der Waals surface area contributed by atoms with Gasteiger partial charge in [0, 0.05) is 18.0 Å². The fraction of sp³-hybridized carbons (Fsp3) is 0.562. The summed E-state index contributed by atoms with van der Waals surface area (Å²) in [4.78, 5) is 15.6. The van der Waals surface area contributed by atoms with Crippen LogP contribution in [0.15, 0.2) is 29.2 Å². The number of halogens is 1. The quantitative estimate of drug-likeness (QED) is 0.779. The van der Waals surface area contributed by atoms with Crippen molar-refractivity contribution in [1.29, 1.82) is 0 Å². The Bertz CT molecular complexity index is 515. The Hall–Kier alpha value is -0.670. The summed E-state index contributed by atoms with van der Waals surface area (Å²) in [5.41, 5.74) is 0.477. The van der Waals surface area contributed by atoms with Gasteiger partial charge in [0.1, 0.15) is 0 Å². The fourth-order valence-corrected chi connectivity index (χ4v) is 4.48. The minimum atomic E-state index is -0.0647. The van der Waals surface area contributed by atoms with Gasteiger partial charge in [0.15, 0.2) is 0 Å². The lowest BCUT2D eigenvalue weighted by molar-refractivity contribution is -0.129. The van der Waals surface area contributed by atoms with Crippen molar-refractivity contribution in [2.75, 3.05) is 13.1 Å². The highest BCUT2D eigenvalue weighted by Crippen LogP contribution is 2.48. The van der Waals surface area contributed by atoms with Crippen molar-refractivity contribution in [3.8, 4) is 0 Å². The number of thioether (sulfide) groups is 1. The first kappa shape index (κ1) is 14.3. The number of carbonyl (C=O) groups is 1. The molecule has 1 saturated carbocycles. The molecule has 1 aromatic carbocycles. The lowest BCUT2D eigenvalue weighted by Crippen LogP contribution is -2.38. The van der Waals surface area contributed by atoms with Crippen LogP contribution < -0.4 is 0 Å². The van der Waals surface area contributed by atoms with E-state index in [0.717, 1.165) is 23.0 Å². The molecule has 3 rings (SSSR count). The standard InChI is InChI=1S/C16H20ClNOS/c1-12(20-14-6-3-2-5-13(14)17)15(19)18-10-9-16(11-18)7-4-8-16/h2-3,5-6,12H,4,7-11H2,1H3. The normalized spacial score (nSPS) is 21.8. The molecule has 2 fully saturated rings. The third kappa shape index (κ3) is 2.71. The Labute approximate surface area is 129 Å². The van der Waals surface area contributed by atoms with E-state index in [9.17, 15) is 4.79 Å². The van der Waals surface area contributed by atoms with Crippen molar-refractivity contribution < 1.29 is 4.79 Å². The Morgan fingerprint density at radius 2 is 2.10 bits per heavy atom. The lowest BCUT2D eigenvalue weighted by Gasteiger charge is -2.38. The summed E-state index contributed by atoms with van der Waals surface area (Å²) >= 11 is 7.73. The fourth-order valence-electron chi connectivity index (χ4n) is 3.25. The Kier molecular flexibility index (Phi) is 4.00. The van der Waals surface area contributed by atoms with Crippen LogP contribution in [0.3, 0.4) is 0 Å². The molecule has 1 saturated heterocycles. The molecule has 20 heavy (non-hydrogen) atoms. The molecule has 1 aromatic rings. The van der Waals surface area contributed by atoms with Gasteiger partial charge in [-0.15, -0.1) is 11.8 Å². The maximum atomic E-state index is 12.6. The molecule has 0 radical (unpaired) electrons. The van der Waals surface area contributed by atoms with Gasteiger partial charge in [0.05, 0.1) is 10.3 Å². The van der Waals surface area contributed by atoms with Gasteiger partial charge < -0.3 is 4.90 Å². The molecular weight excluding hydrogens is 290 g/mol. The highest BCUT2D eigenvalue weighted by Gasteiger charge is 2.44. The first-order chi connectivity index (χ1) is 9.60. The predicted octanol–water partition coefficient (Wildman–Crippen LogP) is 4.22. The van der Waals surface area contributed by atoms with Crippen LogP contribution in [0.25, 0.3) is 0 Å². The van der Waals surface area contributed by atoms with Crippen molar-refractivity contribution in [3.63, 3.8) is 0 Å². The van der Waals surface area contributed by atoms with Gasteiger partial charge in [0.25, 0.3) is 0 Å². The third-order valence-electron chi connectivity index (χ3n) is 4.65. The maximum absolute atomic E-state index is 12.6. The van der Waals surface area contributed by atoms with Crippen molar-refractivity contribution in [2.45, 2.75) is 42.8 Å². The number of amides is 1. The molecule has 2 nitrogen and oxygen atoms in total. The number of likely N-dealkylation sites (tertiary alicyclic amines) is 1. The molecule has 1 spiro atoms. The summed E-state index contributed by atoms with van der Waals surface area (Å²) in [6, 6.07) is 7.73. The topological polar surface area (TPSA) is 20.3 Å². The van der Waals surface area contributed by atoms with Crippen molar-refractivity contribution >= 4 is 29.3 Å². The number of rotatable bonds is 3. The average molecular weight is 310 g/mol. The van der Waals surface area contributed by atoms with E-state index in [1.165, 1.54) is 25.7 Å². The van der Waals surface area contributed by atoms with E-state index >= 15 is 0 Å². The van der Waals surface area contributed by atoms with Crippen LogP contribution in [0, 0.1) is 5.41 Å². The van der Waals surface area contributed by atoms with Crippen LogP contribution in [-0.4, -0.2) is 29.1 Å². The molecule has 1 unspecified atom stereocenters. The van der Waals surface area contributed by atoms with Gasteiger partial charge in [-0.1, -0.05) is 30.2 Å². The van der Waals surface area contributed by atoms with E-state index in [0.29, 0.717) is 5.41 Å². The second-order valence-electron chi connectivity index (χ2n) is 6.05. The molecule has 1 atom stereocenters. The summed E-state index contributed by atoms with van der Waals surface area (Å²) in [5.74, 6) is 0.263. The number of nitrogens with zero attached hydrogens (tertiary/aromatic N) is 1. The molecule has 1 aliphatic heterocycles. The van der Waals surface area contributed by atoms with E-state index in [1.807, 2.05) is 31.2 Å². The Morgan fingerprint density at radius 3 is 2.70 bits per heavy atom. The SMILES string of the molecule is CC(Sc1ccccc1Cl)C(=O)N1CCC2(CCC2)C1. The smallest absolute Gasteiger partial charge is 0.235 e. The Balaban J connectivity index is 1.61. The lowest BCUT2D eigenvalue weighted by atomic mass is 9.68. The summed E-state index contributed by atoms with van der Waals surface area (Å²) in [6.07, 6.45) is 5.15. The van der Waals surface area contributed by atoms with Gasteiger partial charge in [-0.25, -0.2) is 0 Å². The number of carbonyl (C=O) groups excluding carboxylic acids is 1. The Morgan fingerprint density at radius 1 is 1.35 bits per heavy atom. The molecule has 108 valence electrons. The summed E-state index contributed by atoms with van der Waals surface area (Å²) in [6.45, 7) is 3.90. The van der Waals surface area contributed by atoms with Gasteiger partial charge in [-0.2, -0.15) is 0 Å². The van der Waals surface area contributed by atoms with Crippen molar-refractivity contribution in [1.82, 2.24) is 4.90 Å². The third-order valence-corrected chi connectivity index (χ3v) is 6.26. The van der Waals surface area contributed by atoms with Gasteiger partial charge in [-0.3, -0.25) is 4.79 Å². The largest absolute Gasteiger partial charge is 0.341 e. The van der Waals surface area contributed by atoms with Crippen LogP contribution in [0.4, 0.5) is 0 Å². The molecule has 2 aliphatic rings. The summed E-state index contributed by atoms with van der Waals surface area (Å²) < 4.78 is 0. The van der Waals surface area contributed by atoms with Gasteiger partial charge >= 0.3 is 0 Å². The molecule has 4 heteroatoms. The van der Waals surface area contributed by atoms with Gasteiger partial charge in [0.2, 0.25) is 5.91 Å². The first-order valence-electron chi connectivity index (χ1n) is 7.30. The number of hydrogen-bond donors (Lipinski definition) is 0. The molecule has 0 bridgehead atoms. The zero-order valence-electron chi connectivity index (χ0n) is 11.8.